The van der Waals surface area contributed by atoms with Crippen LogP contribution in [0.15, 0.2) is 48.5 Å². The molecule has 0 saturated carbocycles. The number of halogens is 1. The van der Waals surface area contributed by atoms with E-state index in [-0.39, 0.29) is 12.4 Å². The lowest BCUT2D eigenvalue weighted by atomic mass is 10.1. The van der Waals surface area contributed by atoms with E-state index in [0.717, 1.165) is 51.4 Å². The van der Waals surface area contributed by atoms with E-state index in [4.69, 9.17) is 15.3 Å². The Balaban J connectivity index is 0.00000280. The molecule has 0 aliphatic carbocycles. The van der Waals surface area contributed by atoms with Gasteiger partial charge >= 0.3 is 0 Å². The van der Waals surface area contributed by atoms with Crippen LogP contribution in [-0.2, 0) is 6.54 Å². The monoisotopic (exact) mass is 396 g/mol. The lowest BCUT2D eigenvalue weighted by molar-refractivity contribution is 0.121. The molecule has 0 aromatic heterocycles. The highest BCUT2D eigenvalue weighted by Gasteiger charge is 2.16. The molecule has 1 fully saturated rings. The molecule has 1 aliphatic rings. The topological polar surface area (TPSA) is 63.3 Å². The number of nitrogens with zero attached hydrogens (tertiary/aromatic N) is 4. The zero-order valence-electron chi connectivity index (χ0n) is 15.9. The van der Waals surface area contributed by atoms with E-state index in [2.05, 4.69) is 21.9 Å². The van der Waals surface area contributed by atoms with Crippen molar-refractivity contribution in [1.29, 1.82) is 10.5 Å². The standard InChI is InChI=1S/C22H24N4O.ClH/c23-16-19-2-4-21(5-3-19)18-26-13-11-25(12-14-26)10-1-15-27-22-8-6-20(17-24)7-9-22;/h2-9H,1,10-15,18H2;1H. The van der Waals surface area contributed by atoms with Gasteiger partial charge in [0.2, 0.25) is 0 Å². The molecule has 0 bridgehead atoms. The SMILES string of the molecule is Cl.N#Cc1ccc(CN2CCN(CCCOc3ccc(C#N)cc3)CC2)cc1. The first-order valence-corrected chi connectivity index (χ1v) is 9.33. The third-order valence-electron chi connectivity index (χ3n) is 4.82. The summed E-state index contributed by atoms with van der Waals surface area (Å²) < 4.78 is 5.75. The van der Waals surface area contributed by atoms with Gasteiger partial charge < -0.3 is 9.64 Å². The second kappa shape index (κ2) is 11.3. The number of nitriles is 2. The summed E-state index contributed by atoms with van der Waals surface area (Å²) in [7, 11) is 0. The number of piperazine rings is 1. The van der Waals surface area contributed by atoms with Crippen molar-refractivity contribution in [2.24, 2.45) is 0 Å². The molecule has 0 spiro atoms. The molecule has 5 nitrogen and oxygen atoms in total. The van der Waals surface area contributed by atoms with Crippen LogP contribution in [0.2, 0.25) is 0 Å². The number of ether oxygens (including phenoxy) is 1. The molecule has 1 saturated heterocycles. The molecular weight excluding hydrogens is 372 g/mol. The number of benzene rings is 2. The van der Waals surface area contributed by atoms with Crippen molar-refractivity contribution in [2.45, 2.75) is 13.0 Å². The van der Waals surface area contributed by atoms with Gasteiger partial charge in [0.05, 0.1) is 29.9 Å². The highest BCUT2D eigenvalue weighted by atomic mass is 35.5. The molecule has 1 aliphatic heterocycles. The zero-order chi connectivity index (χ0) is 18.9. The van der Waals surface area contributed by atoms with E-state index in [1.165, 1.54) is 5.56 Å². The molecule has 0 radical (unpaired) electrons. The van der Waals surface area contributed by atoms with Gasteiger partial charge in [-0.25, -0.2) is 0 Å². The van der Waals surface area contributed by atoms with Crippen molar-refractivity contribution in [1.82, 2.24) is 9.80 Å². The third-order valence-corrected chi connectivity index (χ3v) is 4.82. The van der Waals surface area contributed by atoms with Crippen LogP contribution >= 0.6 is 12.4 Å². The Labute approximate surface area is 173 Å². The molecule has 0 atom stereocenters. The van der Waals surface area contributed by atoms with Crippen LogP contribution in [0.5, 0.6) is 5.75 Å². The maximum atomic E-state index is 8.87. The minimum Gasteiger partial charge on any atom is -0.494 e. The van der Waals surface area contributed by atoms with Crippen LogP contribution in [0.3, 0.4) is 0 Å². The fourth-order valence-electron chi connectivity index (χ4n) is 3.22. The quantitative estimate of drug-likeness (QED) is 0.671. The van der Waals surface area contributed by atoms with Crippen LogP contribution in [0.25, 0.3) is 0 Å². The zero-order valence-corrected chi connectivity index (χ0v) is 16.7. The van der Waals surface area contributed by atoms with Crippen LogP contribution in [0, 0.1) is 22.7 Å². The minimum absolute atomic E-state index is 0. The number of rotatable bonds is 7. The van der Waals surface area contributed by atoms with Gasteiger partial charge in [-0.15, -0.1) is 12.4 Å². The van der Waals surface area contributed by atoms with Gasteiger partial charge in [0.15, 0.2) is 0 Å². The second-order valence-corrected chi connectivity index (χ2v) is 6.76. The summed E-state index contributed by atoms with van der Waals surface area (Å²) in [6, 6.07) is 19.4. The molecule has 6 heteroatoms. The predicted molar refractivity (Wildman–Crippen MR) is 111 cm³/mol. The first-order chi connectivity index (χ1) is 13.3. The van der Waals surface area contributed by atoms with Gasteiger partial charge in [-0.2, -0.15) is 10.5 Å². The van der Waals surface area contributed by atoms with Crippen LogP contribution in [-0.4, -0.2) is 49.1 Å². The normalized spacial score (nSPS) is 14.5. The Morgan fingerprint density at radius 1 is 0.786 bits per heavy atom. The summed E-state index contributed by atoms with van der Waals surface area (Å²) in [5.74, 6) is 0.821. The van der Waals surface area contributed by atoms with E-state index >= 15 is 0 Å². The summed E-state index contributed by atoms with van der Waals surface area (Å²) >= 11 is 0. The summed E-state index contributed by atoms with van der Waals surface area (Å²) in [6.45, 7) is 6.97. The first-order valence-electron chi connectivity index (χ1n) is 9.33. The average Bonchev–Trinajstić information content (AvgIpc) is 2.73. The molecule has 0 unspecified atom stereocenters. The van der Waals surface area contributed by atoms with Gasteiger partial charge in [0.25, 0.3) is 0 Å². The summed E-state index contributed by atoms with van der Waals surface area (Å²) in [5, 5.41) is 17.7. The van der Waals surface area contributed by atoms with E-state index in [0.29, 0.717) is 17.7 Å². The summed E-state index contributed by atoms with van der Waals surface area (Å²) in [4.78, 5) is 4.95. The van der Waals surface area contributed by atoms with Gasteiger partial charge in [0, 0.05) is 39.3 Å². The van der Waals surface area contributed by atoms with Crippen LogP contribution in [0.4, 0.5) is 0 Å². The Hall–Kier alpha value is -2.57. The Bertz CT molecular complexity index is 798. The molecule has 2 aromatic carbocycles. The third kappa shape index (κ3) is 6.55. The highest BCUT2D eigenvalue weighted by Crippen LogP contribution is 2.13. The van der Waals surface area contributed by atoms with Crippen molar-refractivity contribution in [2.75, 3.05) is 39.3 Å². The number of hydrogen-bond donors (Lipinski definition) is 0. The largest absolute Gasteiger partial charge is 0.494 e. The van der Waals surface area contributed by atoms with Crippen molar-refractivity contribution in [3.8, 4) is 17.9 Å². The summed E-state index contributed by atoms with van der Waals surface area (Å²) in [5.41, 5.74) is 2.63. The predicted octanol–water partition coefficient (Wildman–Crippen LogP) is 3.44. The number of hydrogen-bond acceptors (Lipinski definition) is 5. The Morgan fingerprint density at radius 3 is 1.89 bits per heavy atom. The van der Waals surface area contributed by atoms with Crippen molar-refractivity contribution < 1.29 is 4.74 Å². The Morgan fingerprint density at radius 2 is 1.32 bits per heavy atom. The van der Waals surface area contributed by atoms with Gasteiger partial charge in [-0.05, 0) is 48.4 Å². The highest BCUT2D eigenvalue weighted by molar-refractivity contribution is 5.85. The van der Waals surface area contributed by atoms with E-state index in [1.54, 1.807) is 12.1 Å². The maximum Gasteiger partial charge on any atom is 0.119 e. The van der Waals surface area contributed by atoms with Gasteiger partial charge in [-0.3, -0.25) is 4.90 Å². The molecule has 0 amide bonds. The lowest BCUT2D eigenvalue weighted by Gasteiger charge is -2.34. The Kier molecular flexibility index (Phi) is 8.78. The fraction of sp³-hybridized carbons (Fsp3) is 0.364. The molecule has 1 heterocycles. The first kappa shape index (κ1) is 21.7. The van der Waals surface area contributed by atoms with Crippen molar-refractivity contribution in [3.05, 3.63) is 65.2 Å². The molecule has 146 valence electrons. The van der Waals surface area contributed by atoms with E-state index in [1.807, 2.05) is 36.4 Å². The van der Waals surface area contributed by atoms with Crippen LogP contribution in [0.1, 0.15) is 23.1 Å². The average molecular weight is 397 g/mol. The molecule has 0 N–H and O–H groups in total. The maximum absolute atomic E-state index is 8.87. The summed E-state index contributed by atoms with van der Waals surface area (Å²) in [6.07, 6.45) is 0.996. The second-order valence-electron chi connectivity index (χ2n) is 6.76. The lowest BCUT2D eigenvalue weighted by Crippen LogP contribution is -2.46. The smallest absolute Gasteiger partial charge is 0.119 e. The molecular formula is C22H25ClN4O. The van der Waals surface area contributed by atoms with Gasteiger partial charge in [-0.1, -0.05) is 12.1 Å². The molecule has 2 aromatic rings. The van der Waals surface area contributed by atoms with Crippen molar-refractivity contribution >= 4 is 12.4 Å². The fourth-order valence-corrected chi connectivity index (χ4v) is 3.22. The van der Waals surface area contributed by atoms with E-state index < -0.39 is 0 Å². The van der Waals surface area contributed by atoms with E-state index in [9.17, 15) is 0 Å². The molecule has 3 rings (SSSR count). The van der Waals surface area contributed by atoms with Crippen molar-refractivity contribution in [3.63, 3.8) is 0 Å². The van der Waals surface area contributed by atoms with Crippen LogP contribution < -0.4 is 4.74 Å². The minimum atomic E-state index is 0. The molecule has 28 heavy (non-hydrogen) atoms. The van der Waals surface area contributed by atoms with Gasteiger partial charge in [0.1, 0.15) is 5.75 Å².